The van der Waals surface area contributed by atoms with Crippen molar-refractivity contribution in [2.75, 3.05) is 0 Å². The molecule has 0 aliphatic heterocycles. The Hall–Kier alpha value is -4.72. The summed E-state index contributed by atoms with van der Waals surface area (Å²) in [4.78, 5) is 0. The van der Waals surface area contributed by atoms with E-state index in [1.54, 1.807) is 0 Å². The van der Waals surface area contributed by atoms with E-state index in [9.17, 15) is 0 Å². The molecule has 0 aromatic heterocycles. The molecule has 3 aliphatic rings. The molecule has 226 valence electrons. The van der Waals surface area contributed by atoms with Crippen molar-refractivity contribution in [2.24, 2.45) is 0 Å². The lowest BCUT2D eigenvalue weighted by molar-refractivity contribution is 0.660. The molecule has 0 heterocycles. The van der Waals surface area contributed by atoms with Crippen molar-refractivity contribution in [1.29, 1.82) is 0 Å². The van der Waals surface area contributed by atoms with Gasteiger partial charge in [-0.1, -0.05) is 165 Å². The fraction of sp³-hybridized carbons (Fsp3) is 0.130. The van der Waals surface area contributed by atoms with Crippen LogP contribution in [0.2, 0.25) is 0 Å². The van der Waals surface area contributed by atoms with Gasteiger partial charge in [-0.2, -0.15) is 0 Å². The van der Waals surface area contributed by atoms with Gasteiger partial charge in [0.1, 0.15) is 0 Å². The first-order valence-corrected chi connectivity index (χ1v) is 17.3. The normalized spacial score (nSPS) is 14.8. The topological polar surface area (TPSA) is 0 Å². The van der Waals surface area contributed by atoms with E-state index in [1.807, 2.05) is 0 Å². The summed E-state index contributed by atoms with van der Waals surface area (Å²) in [5.41, 5.74) is 19.4. The van der Waals surface area contributed by atoms with Crippen molar-refractivity contribution in [1.82, 2.24) is 0 Å². The van der Waals surface area contributed by atoms with Crippen molar-refractivity contribution in [3.8, 4) is 55.6 Å². The Morgan fingerprint density at radius 2 is 0.809 bits per heavy atom. The quantitative estimate of drug-likeness (QED) is 0.163. The molecular formula is C46H35Br. The highest BCUT2D eigenvalue weighted by atomic mass is 79.9. The summed E-state index contributed by atoms with van der Waals surface area (Å²) < 4.78 is 1.16. The summed E-state index contributed by atoms with van der Waals surface area (Å²) in [6.45, 7) is 9.30. The van der Waals surface area contributed by atoms with E-state index in [0.29, 0.717) is 0 Å². The van der Waals surface area contributed by atoms with Crippen LogP contribution in [0.4, 0.5) is 0 Å². The summed E-state index contributed by atoms with van der Waals surface area (Å²) in [5.74, 6) is 0. The van der Waals surface area contributed by atoms with E-state index in [0.717, 1.165) is 4.47 Å². The average Bonchev–Trinajstić information content (AvgIpc) is 3.63. The van der Waals surface area contributed by atoms with Crippen molar-refractivity contribution in [2.45, 2.75) is 38.5 Å². The van der Waals surface area contributed by atoms with Gasteiger partial charge in [0, 0.05) is 15.3 Å². The maximum absolute atomic E-state index is 3.56. The summed E-state index contributed by atoms with van der Waals surface area (Å²) in [6, 6.07) is 51.4. The van der Waals surface area contributed by atoms with Gasteiger partial charge >= 0.3 is 0 Å². The zero-order chi connectivity index (χ0) is 32.1. The van der Waals surface area contributed by atoms with Crippen LogP contribution in [0.15, 0.2) is 144 Å². The Labute approximate surface area is 285 Å². The van der Waals surface area contributed by atoms with Gasteiger partial charge in [-0.15, -0.1) is 0 Å². The average molecular weight is 668 g/mol. The van der Waals surface area contributed by atoms with Gasteiger partial charge in [0.15, 0.2) is 0 Å². The van der Waals surface area contributed by atoms with Gasteiger partial charge in [-0.05, 0) is 107 Å². The summed E-state index contributed by atoms with van der Waals surface area (Å²) in [6.07, 6.45) is 0. The number of fused-ring (bicyclic) bond motifs is 9. The Morgan fingerprint density at radius 1 is 0.362 bits per heavy atom. The maximum atomic E-state index is 3.56. The molecule has 0 atom stereocenters. The fourth-order valence-electron chi connectivity index (χ4n) is 8.61. The van der Waals surface area contributed by atoms with E-state index >= 15 is 0 Å². The van der Waals surface area contributed by atoms with Gasteiger partial charge < -0.3 is 0 Å². The number of hydrogen-bond acceptors (Lipinski definition) is 0. The molecule has 0 fully saturated rings. The van der Waals surface area contributed by atoms with Gasteiger partial charge in [0.2, 0.25) is 0 Å². The second-order valence-electron chi connectivity index (χ2n) is 14.2. The minimum absolute atomic E-state index is 0.0209. The minimum Gasteiger partial charge on any atom is -0.0619 e. The predicted octanol–water partition coefficient (Wildman–Crippen LogP) is 13.2. The Morgan fingerprint density at radius 3 is 1.45 bits per heavy atom. The maximum Gasteiger partial charge on any atom is 0.0178 e. The first-order valence-electron chi connectivity index (χ1n) is 16.6. The minimum atomic E-state index is 0.0209. The van der Waals surface area contributed by atoms with Gasteiger partial charge in [-0.25, -0.2) is 0 Å². The standard InChI is InChI=1S/C31H22.C15H13Br/c1-31(2)28-13-6-5-10-23(28)24-15-14-19(18-29(24)31)20-16-17-27-22-9-4-3-8-21(22)26-12-7-11-25(20)30(26)27;1-15(2)13-6-4-3-5-11(13)12-8-7-10(16)9-14(12)15/h3-18H,1-2H3;3-9H,1-2H3. The van der Waals surface area contributed by atoms with E-state index in [-0.39, 0.29) is 10.8 Å². The van der Waals surface area contributed by atoms with Crippen LogP contribution in [0.25, 0.3) is 66.4 Å². The van der Waals surface area contributed by atoms with Crippen LogP contribution < -0.4 is 0 Å². The zero-order valence-electron chi connectivity index (χ0n) is 27.2. The van der Waals surface area contributed by atoms with Crippen LogP contribution in [-0.2, 0) is 10.8 Å². The lowest BCUT2D eigenvalue weighted by atomic mass is 9.81. The summed E-state index contributed by atoms with van der Waals surface area (Å²) in [7, 11) is 0. The monoisotopic (exact) mass is 666 g/mol. The van der Waals surface area contributed by atoms with Gasteiger partial charge in [-0.3, -0.25) is 0 Å². The predicted molar refractivity (Wildman–Crippen MR) is 203 cm³/mol. The Balaban J connectivity index is 0.000000159. The smallest absolute Gasteiger partial charge is 0.0178 e. The van der Waals surface area contributed by atoms with E-state index in [2.05, 4.69) is 183 Å². The van der Waals surface area contributed by atoms with Crippen LogP contribution in [0.1, 0.15) is 49.9 Å². The van der Waals surface area contributed by atoms with Crippen molar-refractivity contribution in [3.63, 3.8) is 0 Å². The lowest BCUT2D eigenvalue weighted by Gasteiger charge is -2.22. The molecule has 0 amide bonds. The molecule has 0 unspecified atom stereocenters. The molecule has 1 heteroatoms. The van der Waals surface area contributed by atoms with Crippen LogP contribution in [-0.4, -0.2) is 0 Å². The number of rotatable bonds is 1. The number of benzene rings is 7. The first-order chi connectivity index (χ1) is 22.7. The molecule has 0 N–H and O–H groups in total. The molecule has 7 aromatic rings. The number of hydrogen-bond donors (Lipinski definition) is 0. The van der Waals surface area contributed by atoms with Crippen molar-refractivity contribution in [3.05, 3.63) is 166 Å². The first kappa shape index (κ1) is 28.5. The van der Waals surface area contributed by atoms with E-state index in [1.165, 1.54) is 88.7 Å². The van der Waals surface area contributed by atoms with Gasteiger partial charge in [0.05, 0.1) is 0 Å². The highest BCUT2D eigenvalue weighted by molar-refractivity contribution is 9.10. The summed E-state index contributed by atoms with van der Waals surface area (Å²) >= 11 is 3.56. The molecule has 0 saturated heterocycles. The second kappa shape index (κ2) is 10.1. The summed E-state index contributed by atoms with van der Waals surface area (Å²) in [5, 5.41) is 2.74. The molecular weight excluding hydrogens is 632 g/mol. The highest BCUT2D eigenvalue weighted by Gasteiger charge is 2.36. The zero-order valence-corrected chi connectivity index (χ0v) is 28.7. The second-order valence-corrected chi connectivity index (χ2v) is 15.1. The van der Waals surface area contributed by atoms with Gasteiger partial charge in [0.25, 0.3) is 0 Å². The molecule has 0 bridgehead atoms. The van der Waals surface area contributed by atoms with Crippen LogP contribution >= 0.6 is 15.9 Å². The SMILES string of the molecule is CC1(C)c2ccccc2-c2ccc(-c3ccc4c5c(cccc35)-c3ccccc3-4)cc21.CC1(C)c2ccccc2-c2ccc(Br)cc21. The molecule has 0 saturated carbocycles. The molecule has 0 nitrogen and oxygen atoms in total. The molecule has 3 aliphatic carbocycles. The Bertz CT molecular complexity index is 2390. The highest BCUT2D eigenvalue weighted by Crippen LogP contribution is 2.52. The Kier molecular flexibility index (Phi) is 6.15. The van der Waals surface area contributed by atoms with Crippen LogP contribution in [0, 0.1) is 0 Å². The fourth-order valence-corrected chi connectivity index (χ4v) is 8.97. The van der Waals surface area contributed by atoms with Crippen molar-refractivity contribution >= 4 is 26.7 Å². The molecule has 0 radical (unpaired) electrons. The third-order valence-electron chi connectivity index (χ3n) is 11.0. The van der Waals surface area contributed by atoms with E-state index < -0.39 is 0 Å². The molecule has 7 aromatic carbocycles. The molecule has 0 spiro atoms. The van der Waals surface area contributed by atoms with E-state index in [4.69, 9.17) is 0 Å². The van der Waals surface area contributed by atoms with Crippen molar-refractivity contribution < 1.29 is 0 Å². The lowest BCUT2D eigenvalue weighted by Crippen LogP contribution is -2.14. The number of halogens is 1. The largest absolute Gasteiger partial charge is 0.0619 e. The molecule has 10 rings (SSSR count). The van der Waals surface area contributed by atoms with Crippen LogP contribution in [0.3, 0.4) is 0 Å². The molecule has 47 heavy (non-hydrogen) atoms. The third kappa shape index (κ3) is 4.06. The third-order valence-corrected chi connectivity index (χ3v) is 11.5. The van der Waals surface area contributed by atoms with Crippen LogP contribution in [0.5, 0.6) is 0 Å².